The van der Waals surface area contributed by atoms with Crippen LogP contribution in [0.25, 0.3) is 5.57 Å². The first-order valence-electron chi connectivity index (χ1n) is 7.26. The lowest BCUT2D eigenvalue weighted by Crippen LogP contribution is -2.01. The van der Waals surface area contributed by atoms with E-state index in [1.807, 2.05) is 39.8 Å². The van der Waals surface area contributed by atoms with Crippen molar-refractivity contribution in [2.45, 2.75) is 40.5 Å². The fourth-order valence-corrected chi connectivity index (χ4v) is 2.00. The first kappa shape index (κ1) is 17.8. The van der Waals surface area contributed by atoms with Crippen LogP contribution >= 0.6 is 0 Å². The molecule has 22 heavy (non-hydrogen) atoms. The van der Waals surface area contributed by atoms with Crippen LogP contribution in [0.4, 0.5) is 0 Å². The number of aliphatic carboxylic acids is 1. The molecule has 0 aliphatic heterocycles. The normalized spacial score (nSPS) is 10.0. The van der Waals surface area contributed by atoms with Crippen LogP contribution in [0.15, 0.2) is 42.0 Å². The van der Waals surface area contributed by atoms with E-state index in [0.717, 1.165) is 22.3 Å². The lowest BCUT2D eigenvalue weighted by atomic mass is 9.95. The van der Waals surface area contributed by atoms with Gasteiger partial charge in [-0.1, -0.05) is 29.9 Å². The minimum atomic E-state index is -1.05. The highest BCUT2D eigenvalue weighted by Crippen LogP contribution is 2.29. The number of carboxylic acids is 1. The van der Waals surface area contributed by atoms with Gasteiger partial charge in [0, 0.05) is 0 Å². The number of benzene rings is 1. The zero-order chi connectivity index (χ0) is 16.9. The zero-order valence-electron chi connectivity index (χ0n) is 13.7. The Balaban J connectivity index is 3.35. The van der Waals surface area contributed by atoms with Crippen molar-refractivity contribution in [2.24, 2.45) is 0 Å². The van der Waals surface area contributed by atoms with Crippen LogP contribution in [-0.4, -0.2) is 16.2 Å². The predicted molar refractivity (Wildman–Crippen MR) is 91.0 cm³/mol. The molecule has 1 aromatic carbocycles. The SMILES string of the molecule is C=C(C(=O)O)c1cc(CC=C(C)C)c(O)c(CC=C(C)C)c1. The summed E-state index contributed by atoms with van der Waals surface area (Å²) < 4.78 is 0. The number of phenolic OH excluding ortho intramolecular Hbond substituents is 1. The minimum Gasteiger partial charge on any atom is -0.507 e. The number of carbonyl (C=O) groups is 1. The molecule has 0 aliphatic rings. The molecule has 0 aliphatic carbocycles. The van der Waals surface area contributed by atoms with Gasteiger partial charge in [0.1, 0.15) is 5.75 Å². The Kier molecular flexibility index (Phi) is 6.17. The Morgan fingerprint density at radius 1 is 1.05 bits per heavy atom. The third-order valence-corrected chi connectivity index (χ3v) is 3.33. The molecule has 0 aromatic heterocycles. The highest BCUT2D eigenvalue weighted by molar-refractivity contribution is 6.14. The molecular formula is C19H24O3. The summed E-state index contributed by atoms with van der Waals surface area (Å²) in [6.07, 6.45) is 5.15. The van der Waals surface area contributed by atoms with Crippen molar-refractivity contribution in [3.63, 3.8) is 0 Å². The van der Waals surface area contributed by atoms with Gasteiger partial charge in [0.05, 0.1) is 5.57 Å². The lowest BCUT2D eigenvalue weighted by molar-refractivity contribution is -0.130. The van der Waals surface area contributed by atoms with Crippen molar-refractivity contribution in [2.75, 3.05) is 0 Å². The van der Waals surface area contributed by atoms with E-state index in [0.29, 0.717) is 18.4 Å². The number of aromatic hydroxyl groups is 1. The van der Waals surface area contributed by atoms with E-state index in [2.05, 4.69) is 6.58 Å². The van der Waals surface area contributed by atoms with Gasteiger partial charge in [-0.15, -0.1) is 0 Å². The number of carboxylic acid groups (broad SMARTS) is 1. The maximum Gasteiger partial charge on any atom is 0.335 e. The summed E-state index contributed by atoms with van der Waals surface area (Å²) in [6.45, 7) is 11.6. The summed E-state index contributed by atoms with van der Waals surface area (Å²) in [6, 6.07) is 3.41. The van der Waals surface area contributed by atoms with Crippen LogP contribution in [0.1, 0.15) is 44.4 Å². The molecule has 0 spiro atoms. The van der Waals surface area contributed by atoms with Gasteiger partial charge in [0.2, 0.25) is 0 Å². The number of hydrogen-bond donors (Lipinski definition) is 2. The van der Waals surface area contributed by atoms with Crippen LogP contribution < -0.4 is 0 Å². The second-order valence-corrected chi connectivity index (χ2v) is 5.90. The van der Waals surface area contributed by atoms with Gasteiger partial charge in [0.25, 0.3) is 0 Å². The highest BCUT2D eigenvalue weighted by atomic mass is 16.4. The predicted octanol–water partition coefficient (Wildman–Crippen LogP) is 4.51. The van der Waals surface area contributed by atoms with Crippen molar-refractivity contribution < 1.29 is 15.0 Å². The number of phenols is 1. The van der Waals surface area contributed by atoms with E-state index >= 15 is 0 Å². The maximum atomic E-state index is 11.2. The summed E-state index contributed by atoms with van der Waals surface area (Å²) >= 11 is 0. The molecule has 0 bridgehead atoms. The van der Waals surface area contributed by atoms with Gasteiger partial charge in [-0.25, -0.2) is 4.79 Å². The molecule has 118 valence electrons. The molecule has 0 atom stereocenters. The Bertz CT molecular complexity index is 600. The van der Waals surface area contributed by atoms with Crippen molar-refractivity contribution in [3.8, 4) is 5.75 Å². The second kappa shape index (κ2) is 7.64. The summed E-state index contributed by atoms with van der Waals surface area (Å²) in [5.74, 6) is -0.816. The molecule has 3 heteroatoms. The largest absolute Gasteiger partial charge is 0.507 e. The van der Waals surface area contributed by atoms with Gasteiger partial charge in [0.15, 0.2) is 0 Å². The van der Waals surface area contributed by atoms with Crippen molar-refractivity contribution in [1.82, 2.24) is 0 Å². The van der Waals surface area contributed by atoms with E-state index < -0.39 is 5.97 Å². The van der Waals surface area contributed by atoms with Crippen molar-refractivity contribution >= 4 is 11.5 Å². The monoisotopic (exact) mass is 300 g/mol. The number of allylic oxidation sites excluding steroid dienone is 4. The van der Waals surface area contributed by atoms with Crippen LogP contribution in [0, 0.1) is 0 Å². The molecule has 0 saturated carbocycles. The van der Waals surface area contributed by atoms with Crippen molar-refractivity contribution in [1.29, 1.82) is 0 Å². The van der Waals surface area contributed by atoms with Crippen LogP contribution in [0.3, 0.4) is 0 Å². The van der Waals surface area contributed by atoms with E-state index in [9.17, 15) is 9.90 Å². The van der Waals surface area contributed by atoms with E-state index in [1.54, 1.807) is 12.1 Å². The molecule has 0 fully saturated rings. The van der Waals surface area contributed by atoms with Gasteiger partial charge in [-0.3, -0.25) is 0 Å². The Morgan fingerprint density at radius 2 is 1.45 bits per heavy atom. The fourth-order valence-electron chi connectivity index (χ4n) is 2.00. The standard InChI is InChI=1S/C19H24O3/c1-12(2)6-8-15-10-17(14(5)19(21)22)11-16(18(15)20)9-7-13(3)4/h6-7,10-11,20H,5,8-9H2,1-4H3,(H,21,22). The summed E-state index contributed by atoms with van der Waals surface area (Å²) in [4.78, 5) is 11.2. The van der Waals surface area contributed by atoms with Crippen LogP contribution in [0.2, 0.25) is 0 Å². The fraction of sp³-hybridized carbons (Fsp3) is 0.316. The Labute approximate surface area is 132 Å². The minimum absolute atomic E-state index is 0.0388. The molecule has 0 heterocycles. The van der Waals surface area contributed by atoms with Gasteiger partial charge >= 0.3 is 5.97 Å². The van der Waals surface area contributed by atoms with E-state index in [-0.39, 0.29) is 11.3 Å². The lowest BCUT2D eigenvalue weighted by Gasteiger charge is -2.12. The smallest absolute Gasteiger partial charge is 0.335 e. The van der Waals surface area contributed by atoms with Gasteiger partial charge < -0.3 is 10.2 Å². The Morgan fingerprint density at radius 3 is 1.77 bits per heavy atom. The van der Waals surface area contributed by atoms with E-state index in [4.69, 9.17) is 5.11 Å². The Hall–Kier alpha value is -2.29. The molecule has 1 rings (SSSR count). The number of rotatable bonds is 6. The molecule has 0 radical (unpaired) electrons. The zero-order valence-corrected chi connectivity index (χ0v) is 13.7. The van der Waals surface area contributed by atoms with Crippen LogP contribution in [-0.2, 0) is 17.6 Å². The molecule has 3 nitrogen and oxygen atoms in total. The van der Waals surface area contributed by atoms with Crippen molar-refractivity contribution in [3.05, 3.63) is 58.7 Å². The molecular weight excluding hydrogens is 276 g/mol. The topological polar surface area (TPSA) is 57.5 Å². The van der Waals surface area contributed by atoms with Gasteiger partial charge in [-0.05, 0) is 69.4 Å². The van der Waals surface area contributed by atoms with E-state index in [1.165, 1.54) is 0 Å². The third kappa shape index (κ3) is 4.92. The first-order chi connectivity index (χ1) is 10.2. The molecule has 2 N–H and O–H groups in total. The van der Waals surface area contributed by atoms with Crippen LogP contribution in [0.5, 0.6) is 5.75 Å². The number of hydrogen-bond acceptors (Lipinski definition) is 2. The molecule has 0 unspecified atom stereocenters. The maximum absolute atomic E-state index is 11.2. The highest BCUT2D eigenvalue weighted by Gasteiger charge is 2.14. The summed E-state index contributed by atoms with van der Waals surface area (Å²) in [5, 5.41) is 19.6. The molecule has 0 amide bonds. The second-order valence-electron chi connectivity index (χ2n) is 5.90. The van der Waals surface area contributed by atoms with Gasteiger partial charge in [-0.2, -0.15) is 0 Å². The summed E-state index contributed by atoms with van der Waals surface area (Å²) in [7, 11) is 0. The average molecular weight is 300 g/mol. The molecule has 0 saturated heterocycles. The first-order valence-corrected chi connectivity index (χ1v) is 7.26. The third-order valence-electron chi connectivity index (χ3n) is 3.33. The molecule has 1 aromatic rings. The summed E-state index contributed by atoms with van der Waals surface area (Å²) in [5.41, 5.74) is 4.31. The average Bonchev–Trinajstić information content (AvgIpc) is 2.43. The quantitative estimate of drug-likeness (QED) is 0.600.